The summed E-state index contributed by atoms with van der Waals surface area (Å²) in [4.78, 5) is 12.9. The van der Waals surface area contributed by atoms with Crippen LogP contribution >= 0.6 is 0 Å². The van der Waals surface area contributed by atoms with E-state index in [1.54, 1.807) is 11.5 Å². The Balaban J connectivity index is 1.46. The maximum Gasteiger partial charge on any atom is 0.254 e. The summed E-state index contributed by atoms with van der Waals surface area (Å²) in [5.74, 6) is 0.508. The number of ether oxygens (including phenoxy) is 1. The van der Waals surface area contributed by atoms with Gasteiger partial charge in [-0.3, -0.25) is 9.48 Å². The SMILES string of the molecule is Cc1ccc2n(c1=O)[C@@H](COC1CCC(c3cnn(C)c3)CC1)[C@@H](NS(C)(=O)=O)CC2. The summed E-state index contributed by atoms with van der Waals surface area (Å²) < 4.78 is 36.5. The zero-order valence-corrected chi connectivity index (χ0v) is 19.3. The molecule has 2 aromatic heterocycles. The van der Waals surface area contributed by atoms with Gasteiger partial charge in [0.1, 0.15) is 0 Å². The number of hydrogen-bond acceptors (Lipinski definition) is 5. The average molecular weight is 449 g/mol. The summed E-state index contributed by atoms with van der Waals surface area (Å²) >= 11 is 0. The van der Waals surface area contributed by atoms with Crippen molar-refractivity contribution in [3.8, 4) is 0 Å². The van der Waals surface area contributed by atoms with Gasteiger partial charge in [-0.05, 0) is 63.0 Å². The van der Waals surface area contributed by atoms with Gasteiger partial charge in [0.15, 0.2) is 0 Å². The van der Waals surface area contributed by atoms with Gasteiger partial charge in [0, 0.05) is 30.5 Å². The van der Waals surface area contributed by atoms with Crippen molar-refractivity contribution < 1.29 is 13.2 Å². The van der Waals surface area contributed by atoms with Crippen LogP contribution in [0.25, 0.3) is 0 Å². The fraction of sp³-hybridized carbons (Fsp3) is 0.636. The summed E-state index contributed by atoms with van der Waals surface area (Å²) in [6, 6.07) is 3.12. The molecule has 0 unspecified atom stereocenters. The Morgan fingerprint density at radius 1 is 1.19 bits per heavy atom. The lowest BCUT2D eigenvalue weighted by atomic mass is 9.84. The molecule has 0 bridgehead atoms. The lowest BCUT2D eigenvalue weighted by molar-refractivity contribution is -0.00168. The van der Waals surface area contributed by atoms with E-state index in [0.29, 0.717) is 30.9 Å². The molecule has 1 aliphatic heterocycles. The second-order valence-corrected chi connectivity index (χ2v) is 10.8. The molecule has 0 spiro atoms. The molecule has 3 heterocycles. The number of sulfonamides is 1. The number of aromatic nitrogens is 3. The largest absolute Gasteiger partial charge is 0.376 e. The third-order valence-electron chi connectivity index (χ3n) is 6.64. The van der Waals surface area contributed by atoms with Crippen molar-refractivity contribution in [1.82, 2.24) is 19.1 Å². The van der Waals surface area contributed by atoms with E-state index in [1.165, 1.54) is 11.8 Å². The van der Waals surface area contributed by atoms with E-state index < -0.39 is 10.0 Å². The molecule has 0 saturated heterocycles. The summed E-state index contributed by atoms with van der Waals surface area (Å²) in [7, 11) is -1.45. The Morgan fingerprint density at radius 3 is 2.58 bits per heavy atom. The molecule has 9 heteroatoms. The van der Waals surface area contributed by atoms with Gasteiger partial charge in [0.25, 0.3) is 5.56 Å². The number of aryl methyl sites for hydroxylation is 3. The number of fused-ring (bicyclic) bond motifs is 1. The van der Waals surface area contributed by atoms with Gasteiger partial charge in [-0.1, -0.05) is 6.07 Å². The molecule has 1 fully saturated rings. The van der Waals surface area contributed by atoms with Crippen molar-refractivity contribution in [2.45, 2.75) is 69.6 Å². The molecule has 1 N–H and O–H groups in total. The van der Waals surface area contributed by atoms with Crippen molar-refractivity contribution in [3.05, 3.63) is 51.7 Å². The zero-order valence-electron chi connectivity index (χ0n) is 18.5. The van der Waals surface area contributed by atoms with Gasteiger partial charge in [-0.15, -0.1) is 0 Å². The number of nitrogens with zero attached hydrogens (tertiary/aromatic N) is 3. The molecular weight excluding hydrogens is 416 g/mol. The Kier molecular flexibility index (Phi) is 6.37. The van der Waals surface area contributed by atoms with Crippen LogP contribution in [-0.2, 0) is 28.2 Å². The summed E-state index contributed by atoms with van der Waals surface area (Å²) in [6.07, 6.45) is 10.6. The molecule has 0 amide bonds. The van der Waals surface area contributed by atoms with E-state index >= 15 is 0 Å². The van der Waals surface area contributed by atoms with Gasteiger partial charge >= 0.3 is 0 Å². The van der Waals surface area contributed by atoms with E-state index in [1.807, 2.05) is 30.1 Å². The maximum absolute atomic E-state index is 12.9. The summed E-state index contributed by atoms with van der Waals surface area (Å²) in [5, 5.41) is 4.28. The smallest absolute Gasteiger partial charge is 0.254 e. The van der Waals surface area contributed by atoms with Crippen LogP contribution in [0.4, 0.5) is 0 Å². The van der Waals surface area contributed by atoms with Gasteiger partial charge in [-0.25, -0.2) is 13.1 Å². The molecule has 4 rings (SSSR count). The predicted molar refractivity (Wildman–Crippen MR) is 119 cm³/mol. The average Bonchev–Trinajstić information content (AvgIpc) is 3.15. The first kappa shape index (κ1) is 22.2. The Hall–Kier alpha value is -1.97. The minimum Gasteiger partial charge on any atom is -0.376 e. The highest BCUT2D eigenvalue weighted by molar-refractivity contribution is 7.88. The summed E-state index contributed by atoms with van der Waals surface area (Å²) in [6.45, 7) is 2.12. The van der Waals surface area contributed by atoms with E-state index in [9.17, 15) is 13.2 Å². The molecule has 31 heavy (non-hydrogen) atoms. The van der Waals surface area contributed by atoms with Crippen molar-refractivity contribution in [2.75, 3.05) is 12.9 Å². The highest BCUT2D eigenvalue weighted by Crippen LogP contribution is 2.34. The van der Waals surface area contributed by atoms with Gasteiger partial charge in [-0.2, -0.15) is 5.10 Å². The fourth-order valence-corrected chi connectivity index (χ4v) is 5.81. The van der Waals surface area contributed by atoms with Gasteiger partial charge in [0.05, 0.1) is 31.2 Å². The van der Waals surface area contributed by atoms with E-state index in [-0.39, 0.29) is 23.7 Å². The molecular formula is C22H32N4O4S. The summed E-state index contributed by atoms with van der Waals surface area (Å²) in [5.41, 5.74) is 2.81. The first-order valence-electron chi connectivity index (χ1n) is 11.0. The topological polar surface area (TPSA) is 95.2 Å². The van der Waals surface area contributed by atoms with Crippen LogP contribution in [0.3, 0.4) is 0 Å². The Morgan fingerprint density at radius 2 is 1.94 bits per heavy atom. The van der Waals surface area contributed by atoms with Gasteiger partial charge in [0.2, 0.25) is 10.0 Å². The monoisotopic (exact) mass is 448 g/mol. The standard InChI is InChI=1S/C22H32N4O4S/c1-15-4-7-18-8-11-20(24-31(3,28)29)21(26(18)22(15)27)14-30-19-9-5-16(6-10-19)17-12-23-25(2)13-17/h4,7,12-13,16,19-21,24H,5-6,8-11,14H2,1-3H3/t16?,19?,20-,21-/m0/s1. The third kappa shape index (κ3) is 5.10. The van der Waals surface area contributed by atoms with Crippen LogP contribution in [0.5, 0.6) is 0 Å². The van der Waals surface area contributed by atoms with E-state index in [0.717, 1.165) is 31.4 Å². The molecule has 0 aromatic carbocycles. The minimum absolute atomic E-state index is 0.0635. The molecule has 2 aromatic rings. The quantitative estimate of drug-likeness (QED) is 0.730. The molecule has 2 atom stereocenters. The second-order valence-electron chi connectivity index (χ2n) is 9.04. The fourth-order valence-electron chi connectivity index (χ4n) is 4.99. The second kappa shape index (κ2) is 8.88. The lowest BCUT2D eigenvalue weighted by Crippen LogP contribution is -2.49. The van der Waals surface area contributed by atoms with Crippen molar-refractivity contribution in [3.63, 3.8) is 0 Å². The van der Waals surface area contributed by atoms with E-state index in [4.69, 9.17) is 4.74 Å². The van der Waals surface area contributed by atoms with Crippen molar-refractivity contribution >= 4 is 10.0 Å². The number of pyridine rings is 1. The zero-order chi connectivity index (χ0) is 22.2. The van der Waals surface area contributed by atoms with Crippen molar-refractivity contribution in [1.29, 1.82) is 0 Å². The van der Waals surface area contributed by atoms with Crippen LogP contribution in [0.2, 0.25) is 0 Å². The minimum atomic E-state index is -3.39. The molecule has 8 nitrogen and oxygen atoms in total. The van der Waals surface area contributed by atoms with Gasteiger partial charge < -0.3 is 9.30 Å². The Bertz CT molecular complexity index is 1080. The number of rotatable bonds is 6. The molecule has 1 saturated carbocycles. The number of hydrogen-bond donors (Lipinski definition) is 1. The Labute approximate surface area is 183 Å². The van der Waals surface area contributed by atoms with Crippen LogP contribution < -0.4 is 10.3 Å². The molecule has 0 radical (unpaired) electrons. The lowest BCUT2D eigenvalue weighted by Gasteiger charge is -2.37. The van der Waals surface area contributed by atoms with Crippen molar-refractivity contribution in [2.24, 2.45) is 7.05 Å². The number of nitrogens with one attached hydrogen (secondary N) is 1. The van der Waals surface area contributed by atoms with Crippen LogP contribution in [-0.4, -0.2) is 47.8 Å². The van der Waals surface area contributed by atoms with Crippen LogP contribution in [0, 0.1) is 6.92 Å². The molecule has 1 aliphatic carbocycles. The predicted octanol–water partition coefficient (Wildman–Crippen LogP) is 2.04. The maximum atomic E-state index is 12.9. The van der Waals surface area contributed by atoms with Crippen LogP contribution in [0.15, 0.2) is 29.3 Å². The molecule has 170 valence electrons. The molecule has 2 aliphatic rings. The highest BCUT2D eigenvalue weighted by atomic mass is 32.2. The first-order valence-corrected chi connectivity index (χ1v) is 12.9. The van der Waals surface area contributed by atoms with E-state index in [2.05, 4.69) is 16.0 Å². The normalized spacial score (nSPS) is 26.5. The highest BCUT2D eigenvalue weighted by Gasteiger charge is 2.34. The first-order chi connectivity index (χ1) is 14.7. The van der Waals surface area contributed by atoms with Crippen LogP contribution in [0.1, 0.15) is 60.9 Å². The third-order valence-corrected chi connectivity index (χ3v) is 7.37.